The van der Waals surface area contributed by atoms with Crippen LogP contribution >= 0.6 is 11.3 Å². The molecule has 8 heteroatoms. The number of carbonyl (C=O) groups excluding carboxylic acids is 2. The van der Waals surface area contributed by atoms with Crippen LogP contribution in [0.2, 0.25) is 0 Å². The molecule has 30 heavy (non-hydrogen) atoms. The average Bonchev–Trinajstić information content (AvgIpc) is 3.41. The molecular weight excluding hydrogens is 400 g/mol. The van der Waals surface area contributed by atoms with Gasteiger partial charge in [-0.05, 0) is 30.9 Å². The summed E-state index contributed by atoms with van der Waals surface area (Å²) in [7, 11) is 1.57. The van der Waals surface area contributed by atoms with Crippen LogP contribution in [0.1, 0.15) is 35.4 Å². The predicted molar refractivity (Wildman–Crippen MR) is 119 cm³/mol. The van der Waals surface area contributed by atoms with Crippen LogP contribution in [0.15, 0.2) is 46.9 Å². The fourth-order valence-corrected chi connectivity index (χ4v) is 4.05. The molecule has 1 unspecified atom stereocenters. The third-order valence-corrected chi connectivity index (χ3v) is 5.86. The minimum absolute atomic E-state index is 0.0568. The minimum Gasteiger partial charge on any atom is -0.383 e. The normalized spacial score (nSPS) is 15.8. The lowest BCUT2D eigenvalue weighted by molar-refractivity contribution is -0.133. The quantitative estimate of drug-likeness (QED) is 0.700. The second-order valence-electron chi connectivity index (χ2n) is 7.14. The van der Waals surface area contributed by atoms with Crippen LogP contribution in [-0.4, -0.2) is 60.9 Å². The molecule has 160 valence electrons. The molecule has 2 heterocycles. The van der Waals surface area contributed by atoms with Gasteiger partial charge in [-0.3, -0.25) is 4.79 Å². The largest absolute Gasteiger partial charge is 0.383 e. The number of aryl methyl sites for hydroxylation is 1. The first-order valence-corrected chi connectivity index (χ1v) is 10.9. The van der Waals surface area contributed by atoms with Crippen LogP contribution in [0.4, 0.5) is 4.79 Å². The Labute approximate surface area is 181 Å². The molecule has 2 aromatic rings. The number of rotatable bonds is 8. The van der Waals surface area contributed by atoms with E-state index < -0.39 is 0 Å². The number of ether oxygens (including phenoxy) is 1. The van der Waals surface area contributed by atoms with Gasteiger partial charge in [-0.1, -0.05) is 35.9 Å². The maximum Gasteiger partial charge on any atom is 0.317 e. The Bertz CT molecular complexity index is 880. The van der Waals surface area contributed by atoms with E-state index in [9.17, 15) is 9.59 Å². The van der Waals surface area contributed by atoms with Gasteiger partial charge in [0.2, 0.25) is 0 Å². The van der Waals surface area contributed by atoms with Gasteiger partial charge in [0.05, 0.1) is 23.2 Å². The molecule has 1 aromatic heterocycles. The number of methoxy groups -OCH3 is 1. The van der Waals surface area contributed by atoms with Gasteiger partial charge in [0.1, 0.15) is 6.54 Å². The summed E-state index contributed by atoms with van der Waals surface area (Å²) in [5.74, 6) is -0.213. The van der Waals surface area contributed by atoms with Gasteiger partial charge in [-0.2, -0.15) is 5.10 Å². The lowest BCUT2D eigenvalue weighted by atomic mass is 10.00. The summed E-state index contributed by atoms with van der Waals surface area (Å²) in [6, 6.07) is 11.7. The lowest BCUT2D eigenvalue weighted by Gasteiger charge is -2.27. The van der Waals surface area contributed by atoms with Crippen molar-refractivity contribution in [1.82, 2.24) is 15.2 Å². The topological polar surface area (TPSA) is 74.2 Å². The van der Waals surface area contributed by atoms with E-state index in [1.807, 2.05) is 55.6 Å². The molecule has 1 aromatic carbocycles. The molecule has 1 N–H and O–H groups in total. The minimum atomic E-state index is -0.281. The van der Waals surface area contributed by atoms with E-state index in [4.69, 9.17) is 4.74 Å². The van der Waals surface area contributed by atoms with Gasteiger partial charge >= 0.3 is 6.03 Å². The van der Waals surface area contributed by atoms with E-state index in [0.717, 1.165) is 21.7 Å². The van der Waals surface area contributed by atoms with Crippen molar-refractivity contribution in [3.05, 3.63) is 57.8 Å². The van der Waals surface area contributed by atoms with E-state index in [0.29, 0.717) is 26.1 Å². The number of hydrazone groups is 1. The smallest absolute Gasteiger partial charge is 0.317 e. The van der Waals surface area contributed by atoms with E-state index in [-0.39, 0.29) is 24.5 Å². The maximum absolute atomic E-state index is 13.3. The van der Waals surface area contributed by atoms with Crippen LogP contribution in [0.25, 0.3) is 0 Å². The molecule has 0 spiro atoms. The second-order valence-corrected chi connectivity index (χ2v) is 8.09. The van der Waals surface area contributed by atoms with Crippen molar-refractivity contribution in [2.24, 2.45) is 5.10 Å². The highest BCUT2D eigenvalue weighted by Gasteiger charge is 2.34. The van der Waals surface area contributed by atoms with Crippen LogP contribution < -0.4 is 5.32 Å². The Balaban J connectivity index is 1.84. The van der Waals surface area contributed by atoms with E-state index >= 15 is 0 Å². The molecule has 0 radical (unpaired) electrons. The first-order chi connectivity index (χ1) is 14.5. The number of hydrogen-bond donors (Lipinski definition) is 1. The Morgan fingerprint density at radius 1 is 1.30 bits per heavy atom. The Hall–Kier alpha value is -2.71. The Morgan fingerprint density at radius 2 is 2.07 bits per heavy atom. The van der Waals surface area contributed by atoms with Gasteiger partial charge in [-0.15, -0.1) is 11.3 Å². The number of benzene rings is 1. The molecule has 0 aliphatic carbocycles. The van der Waals surface area contributed by atoms with Gasteiger partial charge in [0.25, 0.3) is 5.91 Å². The number of urea groups is 1. The van der Waals surface area contributed by atoms with E-state index in [2.05, 4.69) is 10.4 Å². The number of amides is 3. The first-order valence-electron chi connectivity index (χ1n) is 10.0. The van der Waals surface area contributed by atoms with Crippen molar-refractivity contribution >= 4 is 29.0 Å². The summed E-state index contributed by atoms with van der Waals surface area (Å²) < 4.78 is 5.10. The van der Waals surface area contributed by atoms with Gasteiger partial charge in [-0.25, -0.2) is 9.80 Å². The Morgan fingerprint density at radius 3 is 2.70 bits per heavy atom. The van der Waals surface area contributed by atoms with Gasteiger partial charge in [0.15, 0.2) is 0 Å². The zero-order chi connectivity index (χ0) is 21.5. The van der Waals surface area contributed by atoms with Crippen molar-refractivity contribution in [2.75, 3.05) is 33.4 Å². The van der Waals surface area contributed by atoms with Gasteiger partial charge in [0, 0.05) is 26.6 Å². The molecule has 7 nitrogen and oxygen atoms in total. The fraction of sp³-hybridized carbons (Fsp3) is 0.409. The van der Waals surface area contributed by atoms with Gasteiger partial charge < -0.3 is 15.0 Å². The van der Waals surface area contributed by atoms with Crippen molar-refractivity contribution in [3.8, 4) is 0 Å². The third kappa shape index (κ3) is 5.25. The first kappa shape index (κ1) is 22.0. The molecule has 0 saturated carbocycles. The summed E-state index contributed by atoms with van der Waals surface area (Å²) in [5.41, 5.74) is 3.09. The SMILES string of the molecule is CCNC(=O)N(CCOC)CC(=O)N1N=C(c2cccs2)CC1c1ccc(C)cc1. The summed E-state index contributed by atoms with van der Waals surface area (Å²) in [6.07, 6.45) is 0.647. The zero-order valence-corrected chi connectivity index (χ0v) is 18.4. The molecule has 1 aliphatic heterocycles. The molecule has 0 fully saturated rings. The molecule has 0 saturated heterocycles. The molecule has 3 amide bonds. The summed E-state index contributed by atoms with van der Waals surface area (Å²) in [4.78, 5) is 28.2. The number of nitrogens with zero attached hydrogens (tertiary/aromatic N) is 3. The highest BCUT2D eigenvalue weighted by Crippen LogP contribution is 2.34. The van der Waals surface area contributed by atoms with Crippen LogP contribution in [0.5, 0.6) is 0 Å². The van der Waals surface area contributed by atoms with Crippen molar-refractivity contribution < 1.29 is 14.3 Å². The van der Waals surface area contributed by atoms with Crippen molar-refractivity contribution in [2.45, 2.75) is 26.3 Å². The summed E-state index contributed by atoms with van der Waals surface area (Å²) in [5, 5.41) is 11.0. The monoisotopic (exact) mass is 428 g/mol. The summed E-state index contributed by atoms with van der Waals surface area (Å²) >= 11 is 1.61. The molecule has 1 aliphatic rings. The number of nitrogens with one attached hydrogen (secondary N) is 1. The number of carbonyl (C=O) groups is 2. The van der Waals surface area contributed by atoms with Crippen LogP contribution in [0.3, 0.4) is 0 Å². The molecular formula is C22H28N4O3S. The third-order valence-electron chi connectivity index (χ3n) is 4.94. The van der Waals surface area contributed by atoms with Crippen molar-refractivity contribution in [3.63, 3.8) is 0 Å². The predicted octanol–water partition coefficient (Wildman–Crippen LogP) is 3.41. The van der Waals surface area contributed by atoms with Crippen LogP contribution in [-0.2, 0) is 9.53 Å². The number of hydrogen-bond acceptors (Lipinski definition) is 5. The lowest BCUT2D eigenvalue weighted by Crippen LogP contribution is -2.47. The van der Waals surface area contributed by atoms with E-state index in [1.54, 1.807) is 23.5 Å². The Kier molecular flexibility index (Phi) is 7.59. The number of thiophene rings is 1. The van der Waals surface area contributed by atoms with Crippen LogP contribution in [0, 0.1) is 6.92 Å². The highest BCUT2D eigenvalue weighted by molar-refractivity contribution is 7.12. The molecule has 0 bridgehead atoms. The highest BCUT2D eigenvalue weighted by atomic mass is 32.1. The average molecular weight is 429 g/mol. The van der Waals surface area contributed by atoms with Crippen molar-refractivity contribution in [1.29, 1.82) is 0 Å². The molecule has 3 rings (SSSR count). The molecule has 1 atom stereocenters. The van der Waals surface area contributed by atoms with E-state index in [1.165, 1.54) is 4.90 Å². The maximum atomic E-state index is 13.3. The second kappa shape index (κ2) is 10.4. The summed E-state index contributed by atoms with van der Waals surface area (Å²) in [6.45, 7) is 5.01. The standard InChI is InChI=1S/C22H28N4O3S/c1-4-23-22(28)25(11-12-29-3)15-21(27)26-19(17-9-7-16(2)8-10-17)14-18(24-26)20-6-5-13-30-20/h5-10,13,19H,4,11-12,14-15H2,1-3H3,(H,23,28). The zero-order valence-electron chi connectivity index (χ0n) is 17.6. The fourth-order valence-electron chi connectivity index (χ4n) is 3.33.